The summed E-state index contributed by atoms with van der Waals surface area (Å²) in [4.78, 5) is 30.7. The molecule has 48 heavy (non-hydrogen) atoms. The third kappa shape index (κ3) is 7.83. The second kappa shape index (κ2) is 14.1. The molecule has 16 heteroatoms. The molecule has 5 aromatic rings. The van der Waals surface area contributed by atoms with Crippen molar-refractivity contribution in [2.75, 3.05) is 69.4 Å². The number of aromatic nitrogens is 3. The van der Waals surface area contributed by atoms with Crippen LogP contribution in [0.3, 0.4) is 0 Å². The van der Waals surface area contributed by atoms with E-state index >= 15 is 0 Å². The number of piperazine rings is 1. The Labute approximate surface area is 276 Å². The number of ether oxygens (including phenoxy) is 2. The van der Waals surface area contributed by atoms with E-state index < -0.39 is 29.3 Å². The molecule has 252 valence electrons. The van der Waals surface area contributed by atoms with Gasteiger partial charge in [-0.15, -0.1) is 0 Å². The Hall–Kier alpha value is -4.80. The minimum Gasteiger partial charge on any atom is -0.493 e. The predicted molar refractivity (Wildman–Crippen MR) is 177 cm³/mol. The molecule has 0 radical (unpaired) electrons. The highest BCUT2D eigenvalue weighted by Gasteiger charge is 2.31. The Balaban J connectivity index is 1.12. The zero-order valence-corrected chi connectivity index (χ0v) is 26.8. The fourth-order valence-corrected chi connectivity index (χ4v) is 6.12. The topological polar surface area (TPSA) is 117 Å². The Kier molecular flexibility index (Phi) is 9.75. The molecule has 2 aromatic heterocycles. The van der Waals surface area contributed by atoms with Crippen molar-refractivity contribution in [2.24, 2.45) is 0 Å². The first-order chi connectivity index (χ1) is 23.1. The van der Waals surface area contributed by atoms with Gasteiger partial charge in [0.15, 0.2) is 16.6 Å². The van der Waals surface area contributed by atoms with Crippen molar-refractivity contribution in [3.05, 3.63) is 66.2 Å². The summed E-state index contributed by atoms with van der Waals surface area (Å²) < 4.78 is 65.6. The lowest BCUT2D eigenvalue weighted by molar-refractivity contribution is -0.137. The zero-order chi connectivity index (χ0) is 33.8. The molecule has 1 saturated heterocycles. The van der Waals surface area contributed by atoms with Crippen LogP contribution in [0.25, 0.3) is 21.1 Å². The fraction of sp³-hybridized carbons (Fsp3) is 0.312. The first-order valence-corrected chi connectivity index (χ1v) is 15.9. The molecule has 0 spiro atoms. The molecule has 0 bridgehead atoms. The Bertz CT molecular complexity index is 1930. The molecule has 1 fully saturated rings. The monoisotopic (exact) mass is 684 g/mol. The van der Waals surface area contributed by atoms with Crippen molar-refractivity contribution in [1.29, 1.82) is 0 Å². The van der Waals surface area contributed by atoms with Gasteiger partial charge >= 0.3 is 12.2 Å². The Morgan fingerprint density at radius 3 is 2.56 bits per heavy atom. The molecular formula is C32H32F4N8O3S. The minimum atomic E-state index is -4.69. The van der Waals surface area contributed by atoms with Crippen molar-refractivity contribution >= 4 is 60.8 Å². The van der Waals surface area contributed by atoms with E-state index in [0.717, 1.165) is 39.1 Å². The standard InChI is InChI=1S/C32H32F4N8O3S/c1-43-9-11-44(12-10-43)8-3-13-47-27-17-24-21(16-26(27)46-2)29(38-18-37-24)42-31-41-23-7-5-20(15-28(23)48-31)39-30(45)40-25-14-19(32(34,35)36)4-6-22(25)33/h4-7,14-18H,3,8-13H2,1-2H3,(H2,39,40,45)(H,37,38,41,42). The van der Waals surface area contributed by atoms with E-state index in [4.69, 9.17) is 9.47 Å². The number of nitrogens with one attached hydrogen (secondary N) is 3. The molecule has 3 heterocycles. The number of hydrogen-bond donors (Lipinski definition) is 3. The third-order valence-corrected chi connectivity index (χ3v) is 8.74. The summed E-state index contributed by atoms with van der Waals surface area (Å²) in [7, 11) is 3.71. The summed E-state index contributed by atoms with van der Waals surface area (Å²) in [5, 5.41) is 9.09. The molecule has 0 saturated carbocycles. The highest BCUT2D eigenvalue weighted by molar-refractivity contribution is 7.22. The summed E-state index contributed by atoms with van der Waals surface area (Å²) in [6.45, 7) is 5.76. The predicted octanol–water partition coefficient (Wildman–Crippen LogP) is 6.81. The number of carbonyl (C=O) groups excluding carboxylic acids is 1. The molecule has 2 amide bonds. The first kappa shape index (κ1) is 33.1. The number of alkyl halides is 3. The van der Waals surface area contributed by atoms with E-state index in [1.807, 2.05) is 12.1 Å². The van der Waals surface area contributed by atoms with Gasteiger partial charge in [0.25, 0.3) is 0 Å². The third-order valence-electron chi connectivity index (χ3n) is 7.81. The number of nitrogens with zero attached hydrogens (tertiary/aromatic N) is 5. The number of likely N-dealkylation sites (N-methyl/N-ethyl adjacent to an activating group) is 1. The van der Waals surface area contributed by atoms with Crippen LogP contribution in [-0.4, -0.2) is 84.3 Å². The van der Waals surface area contributed by atoms with Gasteiger partial charge in [-0.2, -0.15) is 13.2 Å². The van der Waals surface area contributed by atoms with Crippen LogP contribution >= 0.6 is 11.3 Å². The molecule has 11 nitrogen and oxygen atoms in total. The van der Waals surface area contributed by atoms with Gasteiger partial charge in [-0.3, -0.25) is 0 Å². The van der Waals surface area contributed by atoms with Gasteiger partial charge in [-0.05, 0) is 55.9 Å². The normalized spacial score (nSPS) is 14.3. The number of benzene rings is 3. The largest absolute Gasteiger partial charge is 0.493 e. The SMILES string of the molecule is COc1cc2c(Nc3nc4ccc(NC(=O)Nc5cc(C(F)(F)F)ccc5F)cc4s3)ncnc2cc1OCCCN1CCN(C)CC1. The van der Waals surface area contributed by atoms with Gasteiger partial charge in [0.05, 0.1) is 40.7 Å². The van der Waals surface area contributed by atoms with Crippen LogP contribution in [0.2, 0.25) is 0 Å². The number of anilines is 4. The van der Waals surface area contributed by atoms with Gasteiger partial charge < -0.3 is 35.2 Å². The van der Waals surface area contributed by atoms with Gasteiger partial charge in [-0.1, -0.05) is 11.3 Å². The van der Waals surface area contributed by atoms with E-state index in [-0.39, 0.29) is 0 Å². The zero-order valence-electron chi connectivity index (χ0n) is 26.0. The van der Waals surface area contributed by atoms with Crippen LogP contribution in [0.1, 0.15) is 12.0 Å². The van der Waals surface area contributed by atoms with Crippen LogP contribution < -0.4 is 25.4 Å². The first-order valence-electron chi connectivity index (χ1n) is 15.0. The Morgan fingerprint density at radius 1 is 0.979 bits per heavy atom. The van der Waals surface area contributed by atoms with Crippen LogP contribution in [0.5, 0.6) is 11.5 Å². The van der Waals surface area contributed by atoms with Crippen molar-refractivity contribution in [2.45, 2.75) is 12.6 Å². The summed E-state index contributed by atoms with van der Waals surface area (Å²) >= 11 is 1.29. The molecule has 3 aromatic carbocycles. The molecule has 3 N–H and O–H groups in total. The number of fused-ring (bicyclic) bond motifs is 2. The molecule has 6 rings (SSSR count). The molecule has 0 unspecified atom stereocenters. The summed E-state index contributed by atoms with van der Waals surface area (Å²) in [5.41, 5.74) is -0.0721. The van der Waals surface area contributed by atoms with E-state index in [2.05, 4.69) is 47.7 Å². The van der Waals surface area contributed by atoms with Crippen LogP contribution in [-0.2, 0) is 6.18 Å². The van der Waals surface area contributed by atoms with E-state index in [1.54, 1.807) is 25.3 Å². The average molecular weight is 685 g/mol. The molecule has 0 atom stereocenters. The van der Waals surface area contributed by atoms with Crippen molar-refractivity contribution in [3.8, 4) is 11.5 Å². The molecule has 1 aliphatic heterocycles. The van der Waals surface area contributed by atoms with Crippen LogP contribution in [0, 0.1) is 5.82 Å². The number of thiazole rings is 1. The maximum atomic E-state index is 14.1. The number of amides is 2. The van der Waals surface area contributed by atoms with E-state index in [0.29, 0.717) is 74.1 Å². The van der Waals surface area contributed by atoms with Crippen molar-refractivity contribution < 1.29 is 31.8 Å². The number of urea groups is 1. The minimum absolute atomic E-state index is 0.330. The summed E-state index contributed by atoms with van der Waals surface area (Å²) in [5.74, 6) is 0.637. The molecular weight excluding hydrogens is 652 g/mol. The Morgan fingerprint density at radius 2 is 1.79 bits per heavy atom. The van der Waals surface area contributed by atoms with Gasteiger partial charge in [-0.25, -0.2) is 24.1 Å². The van der Waals surface area contributed by atoms with Gasteiger partial charge in [0.2, 0.25) is 0 Å². The fourth-order valence-electron chi connectivity index (χ4n) is 5.22. The van der Waals surface area contributed by atoms with Gasteiger partial charge in [0, 0.05) is 49.9 Å². The van der Waals surface area contributed by atoms with Crippen LogP contribution in [0.4, 0.5) is 44.7 Å². The number of carbonyl (C=O) groups is 1. The molecule has 1 aliphatic rings. The lowest BCUT2D eigenvalue weighted by Crippen LogP contribution is -2.44. The maximum Gasteiger partial charge on any atom is 0.416 e. The van der Waals surface area contributed by atoms with E-state index in [9.17, 15) is 22.4 Å². The highest BCUT2D eigenvalue weighted by atomic mass is 32.1. The lowest BCUT2D eigenvalue weighted by Gasteiger charge is -2.32. The number of rotatable bonds is 10. The number of methoxy groups -OCH3 is 1. The van der Waals surface area contributed by atoms with Crippen LogP contribution in [0.15, 0.2) is 54.9 Å². The smallest absolute Gasteiger partial charge is 0.416 e. The summed E-state index contributed by atoms with van der Waals surface area (Å²) in [6.07, 6.45) is -2.36. The lowest BCUT2D eigenvalue weighted by atomic mass is 10.2. The van der Waals surface area contributed by atoms with Crippen molar-refractivity contribution in [3.63, 3.8) is 0 Å². The van der Waals surface area contributed by atoms with Crippen molar-refractivity contribution in [1.82, 2.24) is 24.8 Å². The number of halogens is 4. The number of hydrogen-bond acceptors (Lipinski definition) is 10. The average Bonchev–Trinajstić information content (AvgIpc) is 3.45. The maximum absolute atomic E-state index is 14.1. The second-order valence-corrected chi connectivity index (χ2v) is 12.2. The molecule has 0 aliphatic carbocycles. The quantitative estimate of drug-likeness (QED) is 0.108. The summed E-state index contributed by atoms with van der Waals surface area (Å²) in [6, 6.07) is 9.42. The van der Waals surface area contributed by atoms with Gasteiger partial charge in [0.1, 0.15) is 18.0 Å². The van der Waals surface area contributed by atoms with E-state index in [1.165, 1.54) is 17.7 Å². The highest BCUT2D eigenvalue weighted by Crippen LogP contribution is 2.37. The second-order valence-electron chi connectivity index (χ2n) is 11.2.